The highest BCUT2D eigenvalue weighted by Crippen LogP contribution is 2.35. The third kappa shape index (κ3) is 5.40. The summed E-state index contributed by atoms with van der Waals surface area (Å²) in [6.07, 6.45) is 2.05. The van der Waals surface area contributed by atoms with Crippen LogP contribution in [0.15, 0.2) is 54.6 Å². The lowest BCUT2D eigenvalue weighted by Crippen LogP contribution is -2.39. The number of amides is 1. The minimum Gasteiger partial charge on any atom is -0.437 e. The first kappa shape index (κ1) is 23.3. The Morgan fingerprint density at radius 1 is 1.21 bits per heavy atom. The fraction of sp³-hybridized carbons (Fsp3) is 0.385. The maximum absolute atomic E-state index is 13.1. The van der Waals surface area contributed by atoms with Crippen molar-refractivity contribution >= 4 is 17.5 Å². The number of ether oxygens (including phenoxy) is 2. The number of benzene rings is 2. The lowest BCUT2D eigenvalue weighted by molar-refractivity contribution is -0.136. The second-order valence-electron chi connectivity index (χ2n) is 8.66. The SMILES string of the molecule is Cc1nn(-c2ccccc2)c(Oc2ccccc2Cl)c1CN(CC1CCCO1)C(=O)C(C)C. The van der Waals surface area contributed by atoms with E-state index in [0.29, 0.717) is 29.7 Å². The molecule has 0 bridgehead atoms. The van der Waals surface area contributed by atoms with Crippen molar-refractivity contribution in [1.82, 2.24) is 14.7 Å². The van der Waals surface area contributed by atoms with Gasteiger partial charge in [0.2, 0.25) is 11.8 Å². The van der Waals surface area contributed by atoms with E-state index in [-0.39, 0.29) is 17.9 Å². The van der Waals surface area contributed by atoms with Gasteiger partial charge in [0, 0.05) is 19.1 Å². The minimum atomic E-state index is -0.121. The van der Waals surface area contributed by atoms with Gasteiger partial charge in [0.1, 0.15) is 5.75 Å². The summed E-state index contributed by atoms with van der Waals surface area (Å²) in [4.78, 5) is 15.0. The largest absolute Gasteiger partial charge is 0.437 e. The molecule has 174 valence electrons. The summed E-state index contributed by atoms with van der Waals surface area (Å²) in [5.74, 6) is 1.06. The summed E-state index contributed by atoms with van der Waals surface area (Å²) < 4.78 is 14.0. The molecule has 33 heavy (non-hydrogen) atoms. The van der Waals surface area contributed by atoms with Gasteiger partial charge in [-0.2, -0.15) is 5.10 Å². The number of hydrogen-bond acceptors (Lipinski definition) is 4. The number of aryl methyl sites for hydroxylation is 1. The molecule has 0 aliphatic carbocycles. The molecule has 2 aromatic carbocycles. The Kier molecular flexibility index (Phi) is 7.36. The van der Waals surface area contributed by atoms with E-state index in [2.05, 4.69) is 0 Å². The molecule has 1 aromatic heterocycles. The molecule has 1 atom stereocenters. The number of nitrogens with zero attached hydrogens (tertiary/aromatic N) is 3. The van der Waals surface area contributed by atoms with Crippen molar-refractivity contribution in [3.63, 3.8) is 0 Å². The molecule has 6 nitrogen and oxygen atoms in total. The van der Waals surface area contributed by atoms with E-state index in [1.54, 1.807) is 10.7 Å². The van der Waals surface area contributed by atoms with Crippen LogP contribution >= 0.6 is 11.6 Å². The summed E-state index contributed by atoms with van der Waals surface area (Å²) in [6.45, 7) is 7.48. The summed E-state index contributed by atoms with van der Waals surface area (Å²) in [7, 11) is 0. The van der Waals surface area contributed by atoms with E-state index in [1.807, 2.05) is 74.2 Å². The monoisotopic (exact) mass is 467 g/mol. The van der Waals surface area contributed by atoms with Crippen LogP contribution < -0.4 is 4.74 Å². The number of hydrogen-bond donors (Lipinski definition) is 0. The molecule has 0 spiro atoms. The number of rotatable bonds is 8. The van der Waals surface area contributed by atoms with Crippen LogP contribution in [0, 0.1) is 12.8 Å². The Hall–Kier alpha value is -2.83. The van der Waals surface area contributed by atoms with Crippen LogP contribution in [0.2, 0.25) is 5.02 Å². The Labute approximate surface area is 200 Å². The summed E-state index contributed by atoms with van der Waals surface area (Å²) in [5.41, 5.74) is 2.52. The van der Waals surface area contributed by atoms with Gasteiger partial charge in [-0.25, -0.2) is 4.68 Å². The van der Waals surface area contributed by atoms with Gasteiger partial charge < -0.3 is 14.4 Å². The van der Waals surface area contributed by atoms with E-state index in [9.17, 15) is 4.79 Å². The first-order valence-corrected chi connectivity index (χ1v) is 11.8. The van der Waals surface area contributed by atoms with Crippen molar-refractivity contribution in [2.45, 2.75) is 46.3 Å². The molecule has 0 radical (unpaired) electrons. The number of para-hydroxylation sites is 2. The number of carbonyl (C=O) groups excluding carboxylic acids is 1. The van der Waals surface area contributed by atoms with Crippen LogP contribution in [0.3, 0.4) is 0 Å². The predicted molar refractivity (Wildman–Crippen MR) is 129 cm³/mol. The Morgan fingerprint density at radius 2 is 1.94 bits per heavy atom. The molecule has 1 amide bonds. The molecule has 1 unspecified atom stereocenters. The highest BCUT2D eigenvalue weighted by molar-refractivity contribution is 6.32. The molecule has 0 saturated carbocycles. The zero-order valence-corrected chi connectivity index (χ0v) is 20.1. The molecule has 1 fully saturated rings. The van der Waals surface area contributed by atoms with Crippen molar-refractivity contribution in [3.8, 4) is 17.3 Å². The van der Waals surface area contributed by atoms with Gasteiger partial charge in [0.15, 0.2) is 0 Å². The van der Waals surface area contributed by atoms with Crippen LogP contribution in [0.5, 0.6) is 11.6 Å². The second kappa shape index (κ2) is 10.4. The molecule has 1 aliphatic heterocycles. The second-order valence-corrected chi connectivity index (χ2v) is 9.06. The van der Waals surface area contributed by atoms with E-state index < -0.39 is 0 Å². The predicted octanol–water partition coefficient (Wildman–Crippen LogP) is 5.79. The van der Waals surface area contributed by atoms with Crippen LogP contribution in [-0.2, 0) is 16.1 Å². The maximum atomic E-state index is 13.1. The number of aromatic nitrogens is 2. The van der Waals surface area contributed by atoms with Gasteiger partial charge in [0.05, 0.1) is 34.6 Å². The standard InChI is InChI=1S/C26H30ClN3O3/c1-18(2)25(31)29(16-21-12-9-15-32-21)17-22-19(3)28-30(20-10-5-4-6-11-20)26(22)33-24-14-8-7-13-23(24)27/h4-8,10-11,13-14,18,21H,9,12,15-17H2,1-3H3. The molecule has 2 heterocycles. The Bertz CT molecular complexity index is 1090. The van der Waals surface area contributed by atoms with Crippen LogP contribution in [-0.4, -0.2) is 39.8 Å². The quantitative estimate of drug-likeness (QED) is 0.420. The van der Waals surface area contributed by atoms with Gasteiger partial charge >= 0.3 is 0 Å². The molecule has 1 aliphatic rings. The highest BCUT2D eigenvalue weighted by Gasteiger charge is 2.28. The van der Waals surface area contributed by atoms with Crippen molar-refractivity contribution < 1.29 is 14.3 Å². The molecule has 0 N–H and O–H groups in total. The fourth-order valence-electron chi connectivity index (χ4n) is 4.02. The highest BCUT2D eigenvalue weighted by atomic mass is 35.5. The van der Waals surface area contributed by atoms with Crippen molar-refractivity contribution in [2.75, 3.05) is 13.2 Å². The summed E-state index contributed by atoms with van der Waals surface area (Å²) in [5, 5.41) is 5.29. The third-order valence-corrected chi connectivity index (χ3v) is 6.10. The third-order valence-electron chi connectivity index (χ3n) is 5.78. The van der Waals surface area contributed by atoms with E-state index in [4.69, 9.17) is 26.2 Å². The summed E-state index contributed by atoms with van der Waals surface area (Å²) in [6, 6.07) is 17.2. The van der Waals surface area contributed by atoms with Crippen molar-refractivity contribution in [2.24, 2.45) is 5.92 Å². The zero-order valence-electron chi connectivity index (χ0n) is 19.3. The van der Waals surface area contributed by atoms with Crippen molar-refractivity contribution in [1.29, 1.82) is 0 Å². The molecule has 4 rings (SSSR count). The van der Waals surface area contributed by atoms with Crippen molar-refractivity contribution in [3.05, 3.63) is 70.9 Å². The zero-order chi connectivity index (χ0) is 23.4. The normalized spacial score (nSPS) is 15.7. The number of halogens is 1. The fourth-order valence-corrected chi connectivity index (χ4v) is 4.20. The minimum absolute atomic E-state index is 0.0603. The van der Waals surface area contributed by atoms with E-state index >= 15 is 0 Å². The first-order chi connectivity index (χ1) is 15.9. The Morgan fingerprint density at radius 3 is 2.61 bits per heavy atom. The lowest BCUT2D eigenvalue weighted by Gasteiger charge is -2.27. The van der Waals surface area contributed by atoms with E-state index in [0.717, 1.165) is 36.4 Å². The smallest absolute Gasteiger partial charge is 0.227 e. The molecule has 3 aromatic rings. The van der Waals surface area contributed by atoms with Crippen LogP contribution in [0.4, 0.5) is 0 Å². The van der Waals surface area contributed by atoms with E-state index in [1.165, 1.54) is 0 Å². The van der Waals surface area contributed by atoms with Gasteiger partial charge in [-0.15, -0.1) is 0 Å². The topological polar surface area (TPSA) is 56.6 Å². The average Bonchev–Trinajstić information content (AvgIpc) is 3.43. The van der Waals surface area contributed by atoms with Crippen LogP contribution in [0.25, 0.3) is 5.69 Å². The van der Waals surface area contributed by atoms with Crippen LogP contribution in [0.1, 0.15) is 37.9 Å². The lowest BCUT2D eigenvalue weighted by atomic mass is 10.1. The van der Waals surface area contributed by atoms with Gasteiger partial charge in [-0.3, -0.25) is 4.79 Å². The number of carbonyl (C=O) groups is 1. The maximum Gasteiger partial charge on any atom is 0.227 e. The molecule has 1 saturated heterocycles. The summed E-state index contributed by atoms with van der Waals surface area (Å²) >= 11 is 6.41. The average molecular weight is 468 g/mol. The Balaban J connectivity index is 1.74. The van der Waals surface area contributed by atoms with Gasteiger partial charge in [-0.05, 0) is 44.0 Å². The van der Waals surface area contributed by atoms with Gasteiger partial charge in [-0.1, -0.05) is 55.8 Å². The first-order valence-electron chi connectivity index (χ1n) is 11.4. The molecular formula is C26H30ClN3O3. The molecular weight excluding hydrogens is 438 g/mol. The molecule has 7 heteroatoms. The van der Waals surface area contributed by atoms with Gasteiger partial charge in [0.25, 0.3) is 0 Å².